The van der Waals surface area contributed by atoms with E-state index in [4.69, 9.17) is 14.7 Å². The van der Waals surface area contributed by atoms with Gasteiger partial charge in [0.25, 0.3) is 0 Å². The van der Waals surface area contributed by atoms with E-state index in [9.17, 15) is 0 Å². The molecule has 0 saturated carbocycles. The van der Waals surface area contributed by atoms with Gasteiger partial charge in [-0.25, -0.2) is 0 Å². The van der Waals surface area contributed by atoms with Crippen LogP contribution in [-0.2, 0) is 0 Å². The molecule has 5 heteroatoms. The Balaban J connectivity index is 2.19. The molecule has 2 aromatic heterocycles. The van der Waals surface area contributed by atoms with Crippen LogP contribution in [0.2, 0.25) is 0 Å². The van der Waals surface area contributed by atoms with Crippen molar-refractivity contribution in [1.29, 1.82) is 0 Å². The molecule has 96 valence electrons. The maximum Gasteiger partial charge on any atom is 0.180 e. The highest BCUT2D eigenvalue weighted by Crippen LogP contribution is 2.38. The van der Waals surface area contributed by atoms with Crippen molar-refractivity contribution in [2.24, 2.45) is 0 Å². The van der Waals surface area contributed by atoms with E-state index in [2.05, 4.69) is 21.1 Å². The fourth-order valence-electron chi connectivity index (χ4n) is 2.00. The van der Waals surface area contributed by atoms with Gasteiger partial charge in [-0.05, 0) is 30.7 Å². The van der Waals surface area contributed by atoms with Crippen molar-refractivity contribution in [2.75, 3.05) is 5.73 Å². The number of aromatic nitrogens is 1. The van der Waals surface area contributed by atoms with Gasteiger partial charge in [-0.1, -0.05) is 33.2 Å². The Morgan fingerprint density at radius 3 is 2.53 bits per heavy atom. The van der Waals surface area contributed by atoms with Gasteiger partial charge in [0, 0.05) is 4.47 Å². The fraction of sp³-hybridized carbons (Fsp3) is 0.0714. The van der Waals surface area contributed by atoms with E-state index in [-0.39, 0.29) is 0 Å². The van der Waals surface area contributed by atoms with Gasteiger partial charge in [0.05, 0.1) is 17.4 Å². The van der Waals surface area contributed by atoms with Crippen LogP contribution in [0, 0.1) is 6.92 Å². The van der Waals surface area contributed by atoms with Crippen molar-refractivity contribution < 1.29 is 8.94 Å². The van der Waals surface area contributed by atoms with E-state index in [1.54, 1.807) is 6.26 Å². The quantitative estimate of drug-likeness (QED) is 0.766. The van der Waals surface area contributed by atoms with Gasteiger partial charge < -0.3 is 14.7 Å². The number of nitrogen functional groups attached to an aromatic ring is 1. The average molecular weight is 319 g/mol. The van der Waals surface area contributed by atoms with Crippen LogP contribution in [0.4, 0.5) is 5.82 Å². The van der Waals surface area contributed by atoms with E-state index in [1.165, 1.54) is 0 Å². The molecule has 0 atom stereocenters. The fourth-order valence-corrected chi connectivity index (χ4v) is 2.27. The molecule has 0 aliphatic heterocycles. The maximum atomic E-state index is 5.92. The average Bonchev–Trinajstić information content (AvgIpc) is 2.97. The van der Waals surface area contributed by atoms with Gasteiger partial charge in [0.2, 0.25) is 0 Å². The number of hydrogen-bond acceptors (Lipinski definition) is 4. The summed E-state index contributed by atoms with van der Waals surface area (Å²) in [6, 6.07) is 9.68. The number of nitrogens with two attached hydrogens (primary N) is 1. The predicted molar refractivity (Wildman–Crippen MR) is 76.5 cm³/mol. The molecule has 0 saturated heterocycles. The van der Waals surface area contributed by atoms with E-state index >= 15 is 0 Å². The van der Waals surface area contributed by atoms with Gasteiger partial charge in [-0.3, -0.25) is 0 Å². The highest BCUT2D eigenvalue weighted by Gasteiger charge is 2.20. The number of aryl methyl sites for hydroxylation is 1. The summed E-state index contributed by atoms with van der Waals surface area (Å²) in [6.07, 6.45) is 1.62. The van der Waals surface area contributed by atoms with E-state index in [0.717, 1.165) is 26.9 Å². The van der Waals surface area contributed by atoms with Gasteiger partial charge >= 0.3 is 0 Å². The summed E-state index contributed by atoms with van der Waals surface area (Å²) in [7, 11) is 0. The molecule has 2 N–H and O–H groups in total. The first-order chi connectivity index (χ1) is 9.16. The zero-order valence-electron chi connectivity index (χ0n) is 10.2. The highest BCUT2D eigenvalue weighted by atomic mass is 79.9. The summed E-state index contributed by atoms with van der Waals surface area (Å²) in [4.78, 5) is 0. The van der Waals surface area contributed by atoms with Crippen LogP contribution in [-0.4, -0.2) is 5.16 Å². The van der Waals surface area contributed by atoms with Crippen LogP contribution in [0.1, 0.15) is 5.76 Å². The van der Waals surface area contributed by atoms with Crippen LogP contribution in [0.3, 0.4) is 0 Å². The zero-order chi connectivity index (χ0) is 13.4. The minimum absolute atomic E-state index is 0.373. The number of furan rings is 1. The summed E-state index contributed by atoms with van der Waals surface area (Å²) >= 11 is 3.41. The second-order valence-corrected chi connectivity index (χ2v) is 5.08. The summed E-state index contributed by atoms with van der Waals surface area (Å²) in [6.45, 7) is 1.87. The lowest BCUT2D eigenvalue weighted by Crippen LogP contribution is -1.88. The Kier molecular flexibility index (Phi) is 2.91. The molecule has 3 aromatic rings. The van der Waals surface area contributed by atoms with Crippen molar-refractivity contribution in [3.8, 4) is 22.5 Å². The lowest BCUT2D eigenvalue weighted by Gasteiger charge is -2.02. The minimum atomic E-state index is 0.373. The van der Waals surface area contributed by atoms with Crippen LogP contribution in [0.15, 0.2) is 50.0 Å². The number of benzene rings is 1. The second kappa shape index (κ2) is 4.59. The lowest BCUT2D eigenvalue weighted by atomic mass is 10.0. The number of hydrogen-bond donors (Lipinski definition) is 1. The molecule has 0 radical (unpaired) electrons. The number of halogens is 1. The summed E-state index contributed by atoms with van der Waals surface area (Å²) in [5.41, 5.74) is 8.53. The Bertz CT molecular complexity index is 713. The molecule has 0 fully saturated rings. The predicted octanol–water partition coefficient (Wildman–Crippen LogP) is 4.25. The van der Waals surface area contributed by atoms with E-state index < -0.39 is 0 Å². The van der Waals surface area contributed by atoms with E-state index in [1.807, 2.05) is 37.3 Å². The normalized spacial score (nSPS) is 10.8. The lowest BCUT2D eigenvalue weighted by molar-refractivity contribution is 0.434. The minimum Gasteiger partial charge on any atom is -0.469 e. The molecule has 3 rings (SSSR count). The number of anilines is 1. The van der Waals surface area contributed by atoms with Crippen LogP contribution >= 0.6 is 15.9 Å². The molecule has 0 aliphatic carbocycles. The topological polar surface area (TPSA) is 65.2 Å². The van der Waals surface area contributed by atoms with Crippen molar-refractivity contribution in [3.63, 3.8) is 0 Å². The Labute approximate surface area is 118 Å². The smallest absolute Gasteiger partial charge is 0.180 e. The molecule has 19 heavy (non-hydrogen) atoms. The Morgan fingerprint density at radius 2 is 1.89 bits per heavy atom. The molecule has 2 heterocycles. The van der Waals surface area contributed by atoms with Crippen LogP contribution in [0.25, 0.3) is 22.5 Å². The summed E-state index contributed by atoms with van der Waals surface area (Å²) in [5, 5.41) is 3.86. The standard InChI is InChI=1S/C14H11BrN2O2/c1-8-11(6-7-18-8)13-12(14(16)17-19-13)9-2-4-10(15)5-3-9/h2-7H,1H3,(H2,16,17). The maximum absolute atomic E-state index is 5.92. The van der Waals surface area contributed by atoms with Crippen molar-refractivity contribution in [2.45, 2.75) is 6.92 Å². The molecule has 0 bridgehead atoms. The molecule has 1 aromatic carbocycles. The summed E-state index contributed by atoms with van der Waals surface area (Å²) < 4.78 is 11.7. The van der Waals surface area contributed by atoms with Crippen molar-refractivity contribution >= 4 is 21.7 Å². The first kappa shape index (κ1) is 12.0. The monoisotopic (exact) mass is 318 g/mol. The first-order valence-corrected chi connectivity index (χ1v) is 6.51. The third-order valence-corrected chi connectivity index (χ3v) is 3.48. The number of rotatable bonds is 2. The largest absolute Gasteiger partial charge is 0.469 e. The molecule has 0 amide bonds. The van der Waals surface area contributed by atoms with Crippen LogP contribution < -0.4 is 5.73 Å². The molecular weight excluding hydrogens is 308 g/mol. The molecule has 0 unspecified atom stereocenters. The third-order valence-electron chi connectivity index (χ3n) is 2.95. The first-order valence-electron chi connectivity index (χ1n) is 5.72. The van der Waals surface area contributed by atoms with Gasteiger partial charge in [0.1, 0.15) is 5.76 Å². The Hall–Kier alpha value is -2.01. The van der Waals surface area contributed by atoms with Crippen molar-refractivity contribution in [3.05, 3.63) is 46.8 Å². The third kappa shape index (κ3) is 2.06. The van der Waals surface area contributed by atoms with Gasteiger partial charge in [0.15, 0.2) is 11.6 Å². The SMILES string of the molecule is Cc1occc1-c1onc(N)c1-c1ccc(Br)cc1. The highest BCUT2D eigenvalue weighted by molar-refractivity contribution is 9.10. The van der Waals surface area contributed by atoms with Gasteiger partial charge in [-0.15, -0.1) is 0 Å². The van der Waals surface area contributed by atoms with E-state index in [0.29, 0.717) is 11.6 Å². The zero-order valence-corrected chi connectivity index (χ0v) is 11.8. The van der Waals surface area contributed by atoms with Gasteiger partial charge in [-0.2, -0.15) is 0 Å². The van der Waals surface area contributed by atoms with Crippen molar-refractivity contribution in [1.82, 2.24) is 5.16 Å². The molecular formula is C14H11BrN2O2. The van der Waals surface area contributed by atoms with Crippen LogP contribution in [0.5, 0.6) is 0 Å². The molecule has 4 nitrogen and oxygen atoms in total. The summed E-state index contributed by atoms with van der Waals surface area (Å²) in [5.74, 6) is 1.78. The molecule has 0 spiro atoms. The number of nitrogens with zero attached hydrogens (tertiary/aromatic N) is 1. The Morgan fingerprint density at radius 1 is 1.16 bits per heavy atom. The molecule has 0 aliphatic rings. The second-order valence-electron chi connectivity index (χ2n) is 4.17.